The van der Waals surface area contributed by atoms with Gasteiger partial charge < -0.3 is 9.32 Å². The topological polar surface area (TPSA) is 63.4 Å². The van der Waals surface area contributed by atoms with E-state index in [2.05, 4.69) is 24.0 Å². The standard InChI is InChI=1S/C24H26N2O3/c1-3-6-17-9-10-21-20(13-17)16(2)23(29-21)24(28)26-12-5-8-19(15-26)22(27)18-7-4-11-25-14-18/h4,7,9-11,13-14,19H,3,5-6,8,12,15H2,1-2H3. The fraction of sp³-hybridized carbons (Fsp3) is 0.375. The number of Topliss-reactive ketones (excluding diaryl/α,β-unsaturated/α-hetero) is 1. The molecule has 3 heterocycles. The van der Waals surface area contributed by atoms with Gasteiger partial charge >= 0.3 is 0 Å². The van der Waals surface area contributed by atoms with Gasteiger partial charge in [0.05, 0.1) is 0 Å². The summed E-state index contributed by atoms with van der Waals surface area (Å²) in [6.45, 7) is 5.16. The second-order valence-electron chi connectivity index (χ2n) is 7.83. The molecule has 0 aliphatic carbocycles. The van der Waals surface area contributed by atoms with Crippen molar-refractivity contribution in [2.45, 2.75) is 39.5 Å². The summed E-state index contributed by atoms with van der Waals surface area (Å²) in [6.07, 6.45) is 6.94. The van der Waals surface area contributed by atoms with E-state index in [1.54, 1.807) is 29.4 Å². The summed E-state index contributed by atoms with van der Waals surface area (Å²) >= 11 is 0. The van der Waals surface area contributed by atoms with Gasteiger partial charge in [-0.1, -0.05) is 19.4 Å². The van der Waals surface area contributed by atoms with E-state index < -0.39 is 0 Å². The Morgan fingerprint density at radius 1 is 1.28 bits per heavy atom. The number of carbonyl (C=O) groups excluding carboxylic acids is 2. The third-order valence-electron chi connectivity index (χ3n) is 5.76. The molecular weight excluding hydrogens is 364 g/mol. The predicted octanol–water partition coefficient (Wildman–Crippen LogP) is 4.82. The molecule has 150 valence electrons. The third-order valence-corrected chi connectivity index (χ3v) is 5.76. The Labute approximate surface area is 170 Å². The van der Waals surface area contributed by atoms with E-state index in [1.807, 2.05) is 13.0 Å². The van der Waals surface area contributed by atoms with Crippen molar-refractivity contribution >= 4 is 22.7 Å². The van der Waals surface area contributed by atoms with Crippen LogP contribution in [0.15, 0.2) is 47.1 Å². The van der Waals surface area contributed by atoms with Crippen molar-refractivity contribution in [3.8, 4) is 0 Å². The monoisotopic (exact) mass is 390 g/mol. The third kappa shape index (κ3) is 3.82. The highest BCUT2D eigenvalue weighted by molar-refractivity contribution is 6.01. The number of likely N-dealkylation sites (tertiary alicyclic amines) is 1. The molecule has 1 atom stereocenters. The average molecular weight is 390 g/mol. The molecule has 1 aliphatic heterocycles. The van der Waals surface area contributed by atoms with Gasteiger partial charge in [0.25, 0.3) is 5.91 Å². The molecule has 3 aromatic rings. The minimum atomic E-state index is -0.197. The Bertz CT molecular complexity index is 1040. The van der Waals surface area contributed by atoms with Gasteiger partial charge in [0.1, 0.15) is 5.58 Å². The lowest BCUT2D eigenvalue weighted by Gasteiger charge is -2.31. The number of aryl methyl sites for hydroxylation is 2. The van der Waals surface area contributed by atoms with Crippen molar-refractivity contribution in [2.24, 2.45) is 5.92 Å². The van der Waals surface area contributed by atoms with Gasteiger partial charge in [-0.2, -0.15) is 0 Å². The Hall–Kier alpha value is -2.95. The molecule has 0 N–H and O–H groups in total. The van der Waals surface area contributed by atoms with Gasteiger partial charge in [-0.05, 0) is 56.0 Å². The number of aromatic nitrogens is 1. The molecule has 1 aromatic carbocycles. The SMILES string of the molecule is CCCc1ccc2oc(C(=O)N3CCCC(C(=O)c4cccnc4)C3)c(C)c2c1. The zero-order valence-electron chi connectivity index (χ0n) is 17.0. The van der Waals surface area contributed by atoms with Crippen LogP contribution in [0.5, 0.6) is 0 Å². The van der Waals surface area contributed by atoms with Crippen LogP contribution in [0.1, 0.15) is 58.2 Å². The Morgan fingerprint density at radius 3 is 2.90 bits per heavy atom. The van der Waals surface area contributed by atoms with Crippen LogP contribution in [-0.2, 0) is 6.42 Å². The summed E-state index contributed by atoms with van der Waals surface area (Å²) in [5, 5.41) is 0.999. The molecule has 5 nitrogen and oxygen atoms in total. The molecule has 0 bridgehead atoms. The Kier molecular flexibility index (Phi) is 5.47. The zero-order valence-corrected chi connectivity index (χ0v) is 17.0. The number of hydrogen-bond donors (Lipinski definition) is 0. The van der Waals surface area contributed by atoms with E-state index >= 15 is 0 Å². The van der Waals surface area contributed by atoms with Crippen molar-refractivity contribution in [1.29, 1.82) is 0 Å². The van der Waals surface area contributed by atoms with Crippen LogP contribution in [-0.4, -0.2) is 34.7 Å². The summed E-state index contributed by atoms with van der Waals surface area (Å²) in [4.78, 5) is 31.8. The molecule has 0 radical (unpaired) electrons. The number of amides is 1. The highest BCUT2D eigenvalue weighted by atomic mass is 16.3. The molecule has 1 amide bonds. The summed E-state index contributed by atoms with van der Waals surface area (Å²) in [7, 11) is 0. The number of piperidine rings is 1. The molecule has 1 saturated heterocycles. The van der Waals surface area contributed by atoms with E-state index in [4.69, 9.17) is 4.42 Å². The number of carbonyl (C=O) groups is 2. The lowest BCUT2D eigenvalue weighted by atomic mass is 9.90. The van der Waals surface area contributed by atoms with Crippen LogP contribution >= 0.6 is 0 Å². The summed E-state index contributed by atoms with van der Waals surface area (Å²) in [5.74, 6) is 0.126. The molecule has 5 heteroatoms. The van der Waals surface area contributed by atoms with Crippen LogP contribution in [0.3, 0.4) is 0 Å². The number of ketones is 1. The van der Waals surface area contributed by atoms with Crippen LogP contribution in [0.2, 0.25) is 0 Å². The van der Waals surface area contributed by atoms with Crippen molar-refractivity contribution in [3.05, 3.63) is 65.2 Å². The van der Waals surface area contributed by atoms with Gasteiger partial charge in [0, 0.05) is 47.9 Å². The lowest BCUT2D eigenvalue weighted by molar-refractivity contribution is 0.0611. The van der Waals surface area contributed by atoms with E-state index in [9.17, 15) is 9.59 Å². The molecule has 2 aromatic heterocycles. The number of benzene rings is 1. The first kappa shape index (κ1) is 19.4. The lowest BCUT2D eigenvalue weighted by Crippen LogP contribution is -2.42. The van der Waals surface area contributed by atoms with Crippen molar-refractivity contribution in [2.75, 3.05) is 13.1 Å². The average Bonchev–Trinajstić information content (AvgIpc) is 3.09. The van der Waals surface area contributed by atoms with Crippen LogP contribution in [0.4, 0.5) is 0 Å². The highest BCUT2D eigenvalue weighted by Crippen LogP contribution is 2.29. The number of rotatable bonds is 5. The first-order chi connectivity index (χ1) is 14.1. The predicted molar refractivity (Wildman–Crippen MR) is 112 cm³/mol. The van der Waals surface area contributed by atoms with Crippen molar-refractivity contribution < 1.29 is 14.0 Å². The van der Waals surface area contributed by atoms with Gasteiger partial charge in [-0.15, -0.1) is 0 Å². The maximum atomic E-state index is 13.2. The molecule has 0 saturated carbocycles. The zero-order chi connectivity index (χ0) is 20.4. The minimum Gasteiger partial charge on any atom is -0.451 e. The quantitative estimate of drug-likeness (QED) is 0.586. The largest absolute Gasteiger partial charge is 0.451 e. The highest BCUT2D eigenvalue weighted by Gasteiger charge is 2.31. The van der Waals surface area contributed by atoms with E-state index in [0.717, 1.165) is 42.2 Å². The van der Waals surface area contributed by atoms with Crippen LogP contribution in [0.25, 0.3) is 11.0 Å². The van der Waals surface area contributed by atoms with Crippen molar-refractivity contribution in [1.82, 2.24) is 9.88 Å². The first-order valence-electron chi connectivity index (χ1n) is 10.3. The number of nitrogens with zero attached hydrogens (tertiary/aromatic N) is 2. The van der Waals surface area contributed by atoms with E-state index in [1.165, 1.54) is 5.56 Å². The number of fused-ring (bicyclic) bond motifs is 1. The Morgan fingerprint density at radius 2 is 2.14 bits per heavy atom. The van der Waals surface area contributed by atoms with E-state index in [-0.39, 0.29) is 17.6 Å². The van der Waals surface area contributed by atoms with Gasteiger partial charge in [0.15, 0.2) is 11.5 Å². The summed E-state index contributed by atoms with van der Waals surface area (Å²) < 4.78 is 5.94. The number of furan rings is 1. The van der Waals surface area contributed by atoms with Gasteiger partial charge in [-0.3, -0.25) is 14.6 Å². The molecular formula is C24H26N2O3. The molecule has 1 aliphatic rings. The second-order valence-corrected chi connectivity index (χ2v) is 7.83. The fourth-order valence-electron chi connectivity index (χ4n) is 4.18. The molecule has 4 rings (SSSR count). The summed E-state index contributed by atoms with van der Waals surface area (Å²) in [6, 6.07) is 9.69. The molecule has 1 unspecified atom stereocenters. The second kappa shape index (κ2) is 8.19. The maximum Gasteiger partial charge on any atom is 0.289 e. The van der Waals surface area contributed by atoms with Crippen LogP contribution in [0, 0.1) is 12.8 Å². The maximum absolute atomic E-state index is 13.2. The molecule has 1 fully saturated rings. The smallest absolute Gasteiger partial charge is 0.289 e. The normalized spacial score (nSPS) is 16.9. The van der Waals surface area contributed by atoms with Crippen molar-refractivity contribution in [3.63, 3.8) is 0 Å². The van der Waals surface area contributed by atoms with E-state index in [0.29, 0.717) is 24.4 Å². The fourth-order valence-corrected chi connectivity index (χ4v) is 4.18. The first-order valence-corrected chi connectivity index (χ1v) is 10.3. The Balaban J connectivity index is 1.56. The summed E-state index contributed by atoms with van der Waals surface area (Å²) in [5.41, 5.74) is 3.48. The molecule has 0 spiro atoms. The van der Waals surface area contributed by atoms with Gasteiger partial charge in [-0.25, -0.2) is 0 Å². The van der Waals surface area contributed by atoms with Crippen LogP contribution < -0.4 is 0 Å². The minimum absolute atomic E-state index is 0.0566. The van der Waals surface area contributed by atoms with Gasteiger partial charge in [0.2, 0.25) is 0 Å². The molecule has 29 heavy (non-hydrogen) atoms. The number of hydrogen-bond acceptors (Lipinski definition) is 4. The number of pyridine rings is 1.